The van der Waals surface area contributed by atoms with E-state index < -0.39 is 0 Å². The summed E-state index contributed by atoms with van der Waals surface area (Å²) in [6.07, 6.45) is 7.45. The van der Waals surface area contributed by atoms with Gasteiger partial charge >= 0.3 is 0 Å². The Bertz CT molecular complexity index is 419. The molecule has 0 amide bonds. The summed E-state index contributed by atoms with van der Waals surface area (Å²) < 4.78 is 1.92. The van der Waals surface area contributed by atoms with Gasteiger partial charge in [-0.2, -0.15) is 5.10 Å². The Labute approximate surface area is 86.8 Å². The highest BCUT2D eigenvalue weighted by molar-refractivity contribution is 7.16. The van der Waals surface area contributed by atoms with Gasteiger partial charge in [0.15, 0.2) is 0 Å². The summed E-state index contributed by atoms with van der Waals surface area (Å²) in [5, 5.41) is 5.47. The molecule has 1 aliphatic rings. The molecule has 0 aromatic carbocycles. The van der Waals surface area contributed by atoms with Crippen LogP contribution in [0.15, 0.2) is 6.20 Å². The van der Waals surface area contributed by atoms with E-state index in [9.17, 15) is 0 Å². The minimum Gasteiger partial charge on any atom is -0.222 e. The van der Waals surface area contributed by atoms with Crippen molar-refractivity contribution in [3.05, 3.63) is 16.9 Å². The second kappa shape index (κ2) is 3.05. The van der Waals surface area contributed by atoms with Crippen molar-refractivity contribution in [3.8, 4) is 0 Å². The number of imidazole rings is 1. The van der Waals surface area contributed by atoms with Crippen LogP contribution in [0.1, 0.15) is 42.3 Å². The standard InChI is InChI=1S/C10H13N3S/c1-7-12-13-6-9(11-10(13)14-7)8-4-2-3-5-8/h6,8H,2-5H2,1H3. The van der Waals surface area contributed by atoms with Crippen molar-refractivity contribution in [2.24, 2.45) is 0 Å². The third kappa shape index (κ3) is 1.25. The van der Waals surface area contributed by atoms with Crippen molar-refractivity contribution in [2.75, 3.05) is 0 Å². The first kappa shape index (κ1) is 8.41. The van der Waals surface area contributed by atoms with Gasteiger partial charge in [-0.15, -0.1) is 0 Å². The first-order chi connectivity index (χ1) is 6.83. The second-order valence-electron chi connectivity index (χ2n) is 4.00. The molecule has 14 heavy (non-hydrogen) atoms. The molecule has 0 spiro atoms. The lowest BCUT2D eigenvalue weighted by Crippen LogP contribution is -1.91. The van der Waals surface area contributed by atoms with Crippen molar-refractivity contribution >= 4 is 16.3 Å². The van der Waals surface area contributed by atoms with Crippen LogP contribution in [0.25, 0.3) is 4.96 Å². The normalized spacial score (nSPS) is 18.4. The van der Waals surface area contributed by atoms with E-state index in [1.165, 1.54) is 31.4 Å². The summed E-state index contributed by atoms with van der Waals surface area (Å²) in [7, 11) is 0. The van der Waals surface area contributed by atoms with Crippen molar-refractivity contribution in [1.29, 1.82) is 0 Å². The minimum atomic E-state index is 0.698. The molecule has 2 heterocycles. The molecule has 0 atom stereocenters. The molecule has 3 rings (SSSR count). The van der Waals surface area contributed by atoms with Crippen LogP contribution in [0.4, 0.5) is 0 Å². The topological polar surface area (TPSA) is 30.2 Å². The molecule has 1 fully saturated rings. The largest absolute Gasteiger partial charge is 0.222 e. The zero-order chi connectivity index (χ0) is 9.54. The van der Waals surface area contributed by atoms with E-state index in [4.69, 9.17) is 0 Å². The lowest BCUT2D eigenvalue weighted by Gasteiger charge is -2.01. The van der Waals surface area contributed by atoms with Crippen molar-refractivity contribution in [2.45, 2.75) is 38.5 Å². The fraction of sp³-hybridized carbons (Fsp3) is 0.600. The molecule has 0 radical (unpaired) electrons. The molecule has 0 aliphatic heterocycles. The van der Waals surface area contributed by atoms with E-state index in [0.29, 0.717) is 5.92 Å². The number of hydrogen-bond acceptors (Lipinski definition) is 3. The van der Waals surface area contributed by atoms with E-state index in [1.807, 2.05) is 11.4 Å². The van der Waals surface area contributed by atoms with Gasteiger partial charge in [-0.3, -0.25) is 0 Å². The zero-order valence-electron chi connectivity index (χ0n) is 8.23. The fourth-order valence-electron chi connectivity index (χ4n) is 2.23. The van der Waals surface area contributed by atoms with Crippen LogP contribution < -0.4 is 0 Å². The second-order valence-corrected chi connectivity index (χ2v) is 5.16. The van der Waals surface area contributed by atoms with Gasteiger partial charge in [-0.25, -0.2) is 9.50 Å². The molecule has 0 N–H and O–H groups in total. The Morgan fingerprint density at radius 1 is 1.43 bits per heavy atom. The number of rotatable bonds is 1. The molecule has 3 nitrogen and oxygen atoms in total. The monoisotopic (exact) mass is 207 g/mol. The highest BCUT2D eigenvalue weighted by Gasteiger charge is 2.20. The number of aromatic nitrogens is 3. The first-order valence-corrected chi connectivity index (χ1v) is 5.97. The maximum atomic E-state index is 4.63. The predicted octanol–water partition coefficient (Wildman–Crippen LogP) is 2.76. The van der Waals surface area contributed by atoms with Gasteiger partial charge in [0.25, 0.3) is 0 Å². The third-order valence-corrected chi connectivity index (χ3v) is 3.77. The summed E-state index contributed by atoms with van der Waals surface area (Å²) in [6, 6.07) is 0. The van der Waals surface area contributed by atoms with E-state index in [0.717, 1.165) is 9.97 Å². The van der Waals surface area contributed by atoms with Crippen molar-refractivity contribution in [3.63, 3.8) is 0 Å². The van der Waals surface area contributed by atoms with Crippen LogP contribution in [-0.2, 0) is 0 Å². The molecule has 1 saturated carbocycles. The Kier molecular flexibility index (Phi) is 1.83. The molecule has 74 valence electrons. The van der Waals surface area contributed by atoms with Gasteiger partial charge in [0, 0.05) is 5.92 Å². The molecule has 0 bridgehead atoms. The van der Waals surface area contributed by atoms with Crippen LogP contribution in [0.5, 0.6) is 0 Å². The smallest absolute Gasteiger partial charge is 0.212 e. The maximum Gasteiger partial charge on any atom is 0.212 e. The lowest BCUT2D eigenvalue weighted by molar-refractivity contribution is 0.702. The molecule has 2 aromatic heterocycles. The first-order valence-electron chi connectivity index (χ1n) is 5.15. The number of aryl methyl sites for hydroxylation is 1. The average Bonchev–Trinajstić information content (AvgIpc) is 2.74. The van der Waals surface area contributed by atoms with Crippen LogP contribution in [0, 0.1) is 6.92 Å². The van der Waals surface area contributed by atoms with E-state index in [2.05, 4.69) is 16.3 Å². The summed E-state index contributed by atoms with van der Waals surface area (Å²) >= 11 is 1.67. The van der Waals surface area contributed by atoms with E-state index in [1.54, 1.807) is 11.3 Å². The third-order valence-electron chi connectivity index (χ3n) is 2.94. The molecular weight excluding hydrogens is 194 g/mol. The molecular formula is C10H13N3S. The molecule has 0 saturated heterocycles. The SMILES string of the molecule is Cc1nn2cc(C3CCCC3)nc2s1. The fourth-order valence-corrected chi connectivity index (χ4v) is 2.97. The van der Waals surface area contributed by atoms with E-state index in [-0.39, 0.29) is 0 Å². The van der Waals surface area contributed by atoms with Crippen molar-refractivity contribution in [1.82, 2.24) is 14.6 Å². The van der Waals surface area contributed by atoms with Gasteiger partial charge in [0.05, 0.1) is 11.9 Å². The summed E-state index contributed by atoms with van der Waals surface area (Å²) in [6.45, 7) is 2.02. The van der Waals surface area contributed by atoms with Crippen LogP contribution in [0.3, 0.4) is 0 Å². The Balaban J connectivity index is 2.01. The summed E-state index contributed by atoms with van der Waals surface area (Å²) in [4.78, 5) is 5.68. The Hall–Kier alpha value is -0.900. The number of hydrogen-bond donors (Lipinski definition) is 0. The van der Waals surface area contributed by atoms with Crippen molar-refractivity contribution < 1.29 is 0 Å². The van der Waals surface area contributed by atoms with Crippen LogP contribution in [0.2, 0.25) is 0 Å². The summed E-state index contributed by atoms with van der Waals surface area (Å²) in [5.41, 5.74) is 1.25. The number of nitrogens with zero attached hydrogens (tertiary/aromatic N) is 3. The van der Waals surface area contributed by atoms with Gasteiger partial charge in [-0.1, -0.05) is 24.2 Å². The average molecular weight is 207 g/mol. The van der Waals surface area contributed by atoms with Gasteiger partial charge in [0.1, 0.15) is 5.01 Å². The molecule has 4 heteroatoms. The molecule has 0 unspecified atom stereocenters. The highest BCUT2D eigenvalue weighted by atomic mass is 32.1. The van der Waals surface area contributed by atoms with Gasteiger partial charge in [0.2, 0.25) is 4.96 Å². The highest BCUT2D eigenvalue weighted by Crippen LogP contribution is 2.33. The van der Waals surface area contributed by atoms with Gasteiger partial charge in [-0.05, 0) is 19.8 Å². The Morgan fingerprint density at radius 3 is 2.93 bits per heavy atom. The maximum absolute atomic E-state index is 4.63. The van der Waals surface area contributed by atoms with Crippen LogP contribution in [-0.4, -0.2) is 14.6 Å². The predicted molar refractivity (Wildman–Crippen MR) is 56.8 cm³/mol. The number of fused-ring (bicyclic) bond motifs is 1. The van der Waals surface area contributed by atoms with Gasteiger partial charge < -0.3 is 0 Å². The zero-order valence-corrected chi connectivity index (χ0v) is 9.05. The van der Waals surface area contributed by atoms with Crippen LogP contribution >= 0.6 is 11.3 Å². The Morgan fingerprint density at radius 2 is 2.21 bits per heavy atom. The lowest BCUT2D eigenvalue weighted by atomic mass is 10.1. The van der Waals surface area contributed by atoms with E-state index >= 15 is 0 Å². The summed E-state index contributed by atoms with van der Waals surface area (Å²) in [5.74, 6) is 0.698. The minimum absolute atomic E-state index is 0.698. The molecule has 2 aromatic rings. The quantitative estimate of drug-likeness (QED) is 0.719. The molecule has 1 aliphatic carbocycles.